The van der Waals surface area contributed by atoms with E-state index >= 15 is 0 Å². The van der Waals surface area contributed by atoms with E-state index in [1.165, 1.54) is 12.1 Å². The highest BCUT2D eigenvalue weighted by Crippen LogP contribution is 2.46. The molecule has 0 radical (unpaired) electrons. The molecule has 0 aromatic heterocycles. The van der Waals surface area contributed by atoms with E-state index in [1.54, 1.807) is 17.0 Å². The first-order chi connectivity index (χ1) is 14.7. The standard InChI is InChI=1S/C25H27FN2O3/c1-4-27-24(31)28-13-25(14-28)11-20(29)23(21(30)12-25)22-15(2)9-18(10-16(22)3)17-5-7-19(26)8-6-17/h5-10,23H,4,11-14H2,1-3H3,(H,27,31). The van der Waals surface area contributed by atoms with Crippen LogP contribution in [0, 0.1) is 25.1 Å². The van der Waals surface area contributed by atoms with Crippen molar-refractivity contribution < 1.29 is 18.8 Å². The molecule has 2 aliphatic rings. The van der Waals surface area contributed by atoms with Crippen LogP contribution in [0.3, 0.4) is 0 Å². The number of carbonyl (C=O) groups is 3. The summed E-state index contributed by atoms with van der Waals surface area (Å²) in [5.41, 5.74) is 3.97. The van der Waals surface area contributed by atoms with Crippen LogP contribution in [0.25, 0.3) is 11.1 Å². The van der Waals surface area contributed by atoms with Crippen LogP contribution >= 0.6 is 0 Å². The molecule has 162 valence electrons. The summed E-state index contributed by atoms with van der Waals surface area (Å²) in [6.45, 7) is 7.14. The fourth-order valence-corrected chi connectivity index (χ4v) is 5.14. The number of rotatable bonds is 3. The Hall–Kier alpha value is -3.02. The van der Waals surface area contributed by atoms with Gasteiger partial charge in [-0.25, -0.2) is 9.18 Å². The molecule has 1 N–H and O–H groups in total. The molecule has 2 aromatic rings. The lowest BCUT2D eigenvalue weighted by Gasteiger charge is -2.52. The lowest BCUT2D eigenvalue weighted by molar-refractivity contribution is -0.141. The highest BCUT2D eigenvalue weighted by Gasteiger charge is 2.53. The Bertz CT molecular complexity index is 1010. The number of nitrogens with one attached hydrogen (secondary N) is 1. The van der Waals surface area contributed by atoms with Gasteiger partial charge in [0.1, 0.15) is 23.3 Å². The zero-order valence-electron chi connectivity index (χ0n) is 18.1. The van der Waals surface area contributed by atoms with Crippen LogP contribution in [-0.4, -0.2) is 42.1 Å². The van der Waals surface area contributed by atoms with Gasteiger partial charge in [0.25, 0.3) is 0 Å². The van der Waals surface area contributed by atoms with Crippen molar-refractivity contribution in [2.75, 3.05) is 19.6 Å². The van der Waals surface area contributed by atoms with Crippen molar-refractivity contribution >= 4 is 17.6 Å². The van der Waals surface area contributed by atoms with Crippen molar-refractivity contribution in [3.8, 4) is 11.1 Å². The number of amides is 2. The summed E-state index contributed by atoms with van der Waals surface area (Å²) < 4.78 is 13.3. The summed E-state index contributed by atoms with van der Waals surface area (Å²) in [5.74, 6) is -1.16. The van der Waals surface area contributed by atoms with Crippen molar-refractivity contribution in [1.29, 1.82) is 0 Å². The van der Waals surface area contributed by atoms with Crippen molar-refractivity contribution in [2.45, 2.75) is 39.5 Å². The van der Waals surface area contributed by atoms with E-state index in [4.69, 9.17) is 0 Å². The number of hydrogen-bond acceptors (Lipinski definition) is 3. The van der Waals surface area contributed by atoms with Gasteiger partial charge in [-0.1, -0.05) is 24.3 Å². The van der Waals surface area contributed by atoms with Crippen LogP contribution in [-0.2, 0) is 9.59 Å². The van der Waals surface area contributed by atoms with Gasteiger partial charge in [-0.15, -0.1) is 0 Å². The van der Waals surface area contributed by atoms with Gasteiger partial charge in [-0.05, 0) is 60.7 Å². The average molecular weight is 423 g/mol. The van der Waals surface area contributed by atoms with Crippen LogP contribution in [0.4, 0.5) is 9.18 Å². The van der Waals surface area contributed by atoms with Gasteiger partial charge >= 0.3 is 6.03 Å². The van der Waals surface area contributed by atoms with Crippen LogP contribution in [0.15, 0.2) is 36.4 Å². The number of halogens is 1. The third kappa shape index (κ3) is 3.87. The number of hydrogen-bond donors (Lipinski definition) is 1. The van der Waals surface area contributed by atoms with Gasteiger partial charge in [0.15, 0.2) is 0 Å². The quantitative estimate of drug-likeness (QED) is 0.756. The first kappa shape index (κ1) is 21.2. The third-order valence-electron chi connectivity index (χ3n) is 6.47. The van der Waals surface area contributed by atoms with E-state index in [0.717, 1.165) is 27.8 Å². The Morgan fingerprint density at radius 3 is 2.10 bits per heavy atom. The van der Waals surface area contributed by atoms with Crippen molar-refractivity contribution in [1.82, 2.24) is 10.2 Å². The van der Waals surface area contributed by atoms with Gasteiger partial charge in [-0.2, -0.15) is 0 Å². The Labute approximate surface area is 181 Å². The molecule has 1 heterocycles. The molecule has 4 rings (SSSR count). The SMILES string of the molecule is CCNC(=O)N1CC2(CC(=O)C(c3c(C)cc(-c4ccc(F)cc4)cc3C)C(=O)C2)C1. The van der Waals surface area contributed by atoms with Gasteiger partial charge in [0.05, 0.1) is 0 Å². The normalized spacial score (nSPS) is 18.3. The molecule has 1 aliphatic heterocycles. The summed E-state index contributed by atoms with van der Waals surface area (Å²) >= 11 is 0. The van der Waals surface area contributed by atoms with Crippen molar-refractivity contribution in [3.05, 3.63) is 58.9 Å². The number of likely N-dealkylation sites (tertiary alicyclic amines) is 1. The number of carbonyl (C=O) groups excluding carboxylic acids is 3. The molecule has 1 spiro atoms. The van der Waals surface area contributed by atoms with E-state index in [1.807, 2.05) is 32.9 Å². The molecule has 0 bridgehead atoms. The minimum absolute atomic E-state index is 0.0625. The topological polar surface area (TPSA) is 66.5 Å². The smallest absolute Gasteiger partial charge is 0.317 e. The summed E-state index contributed by atoms with van der Waals surface area (Å²) in [7, 11) is 0. The molecule has 0 atom stereocenters. The molecule has 1 saturated carbocycles. The average Bonchev–Trinajstić information content (AvgIpc) is 2.68. The first-order valence-electron chi connectivity index (χ1n) is 10.7. The molecule has 6 heteroatoms. The molecule has 1 aliphatic carbocycles. The van der Waals surface area contributed by atoms with Crippen LogP contribution in [0.2, 0.25) is 0 Å². The second-order valence-electron chi connectivity index (χ2n) is 8.94. The molecule has 1 saturated heterocycles. The van der Waals surface area contributed by atoms with E-state index in [9.17, 15) is 18.8 Å². The maximum absolute atomic E-state index is 13.3. The highest BCUT2D eigenvalue weighted by molar-refractivity contribution is 6.11. The highest BCUT2D eigenvalue weighted by atomic mass is 19.1. The summed E-state index contributed by atoms with van der Waals surface area (Å²) in [4.78, 5) is 39.9. The van der Waals surface area contributed by atoms with Gasteiger partial charge in [0, 0.05) is 37.9 Å². The van der Waals surface area contributed by atoms with E-state index in [-0.39, 0.29) is 23.4 Å². The summed E-state index contributed by atoms with van der Waals surface area (Å²) in [6, 6.07) is 10.1. The van der Waals surface area contributed by atoms with Gasteiger partial charge in [0.2, 0.25) is 0 Å². The second-order valence-corrected chi connectivity index (χ2v) is 8.94. The van der Waals surface area contributed by atoms with Crippen molar-refractivity contribution in [2.24, 2.45) is 5.41 Å². The first-order valence-corrected chi connectivity index (χ1v) is 10.7. The number of nitrogens with zero attached hydrogens (tertiary/aromatic N) is 1. The monoisotopic (exact) mass is 422 g/mol. The zero-order chi connectivity index (χ0) is 22.3. The number of ketones is 2. The van der Waals surface area contributed by atoms with Gasteiger partial charge in [-0.3, -0.25) is 9.59 Å². The van der Waals surface area contributed by atoms with Crippen molar-refractivity contribution in [3.63, 3.8) is 0 Å². The van der Waals surface area contributed by atoms with Crippen LogP contribution < -0.4 is 5.32 Å². The molecule has 2 fully saturated rings. The Morgan fingerprint density at radius 2 is 1.58 bits per heavy atom. The summed E-state index contributed by atoms with van der Waals surface area (Å²) in [6.07, 6.45) is 0.635. The predicted molar refractivity (Wildman–Crippen MR) is 116 cm³/mol. The predicted octanol–water partition coefficient (Wildman–Crippen LogP) is 4.16. The zero-order valence-corrected chi connectivity index (χ0v) is 18.1. The molecule has 2 aromatic carbocycles. The number of Topliss-reactive ketones (excluding diaryl/α,β-unsaturated/α-hetero) is 2. The van der Waals surface area contributed by atoms with Crippen LogP contribution in [0.5, 0.6) is 0 Å². The maximum atomic E-state index is 13.3. The lowest BCUT2D eigenvalue weighted by Crippen LogP contribution is -2.63. The molecule has 5 nitrogen and oxygen atoms in total. The Morgan fingerprint density at radius 1 is 1.03 bits per heavy atom. The fraction of sp³-hybridized carbons (Fsp3) is 0.400. The van der Waals surface area contributed by atoms with Crippen LogP contribution in [0.1, 0.15) is 42.4 Å². The third-order valence-corrected chi connectivity index (χ3v) is 6.47. The number of urea groups is 1. The minimum Gasteiger partial charge on any atom is -0.338 e. The van der Waals surface area contributed by atoms with E-state index in [0.29, 0.717) is 32.5 Å². The number of aryl methyl sites for hydroxylation is 2. The fourth-order valence-electron chi connectivity index (χ4n) is 5.14. The Balaban J connectivity index is 1.55. The van der Waals surface area contributed by atoms with E-state index < -0.39 is 11.3 Å². The van der Waals surface area contributed by atoms with E-state index in [2.05, 4.69) is 5.32 Å². The summed E-state index contributed by atoms with van der Waals surface area (Å²) in [5, 5.41) is 2.76. The number of benzene rings is 2. The molecular formula is C25H27FN2O3. The minimum atomic E-state index is -0.744. The molecule has 31 heavy (non-hydrogen) atoms. The maximum Gasteiger partial charge on any atom is 0.317 e. The molecule has 0 unspecified atom stereocenters. The Kier molecular flexibility index (Phi) is 5.42. The molecule has 2 amide bonds. The molecular weight excluding hydrogens is 395 g/mol. The lowest BCUT2D eigenvalue weighted by atomic mass is 9.63. The van der Waals surface area contributed by atoms with Gasteiger partial charge < -0.3 is 10.2 Å². The largest absolute Gasteiger partial charge is 0.338 e. The second kappa shape index (κ2) is 7.91.